The first kappa shape index (κ1) is 32.6. The van der Waals surface area contributed by atoms with Gasteiger partial charge in [0.1, 0.15) is 0 Å². The molecule has 30 heavy (non-hydrogen) atoms. The van der Waals surface area contributed by atoms with Gasteiger partial charge in [-0.3, -0.25) is 0 Å². The van der Waals surface area contributed by atoms with Crippen molar-refractivity contribution in [3.8, 4) is 0 Å². The van der Waals surface area contributed by atoms with Crippen LogP contribution in [0.25, 0.3) is 0 Å². The second-order valence-electron chi connectivity index (χ2n) is 10.5. The van der Waals surface area contributed by atoms with Crippen molar-refractivity contribution >= 4 is 17.0 Å². The summed E-state index contributed by atoms with van der Waals surface area (Å²) in [6.07, 6.45) is 34.6. The molecule has 0 aliphatic rings. The average molecular weight is 491 g/mol. The summed E-state index contributed by atoms with van der Waals surface area (Å²) in [7, 11) is 0. The Morgan fingerprint density at radius 3 is 0.800 bits per heavy atom. The van der Waals surface area contributed by atoms with E-state index < -0.39 is 0 Å². The quantitative estimate of drug-likeness (QED) is 0.134. The summed E-state index contributed by atoms with van der Waals surface area (Å²) in [5.41, 5.74) is 6.06. The molecule has 0 aliphatic carbocycles. The van der Waals surface area contributed by atoms with E-state index in [2.05, 4.69) is 20.8 Å². The van der Waals surface area contributed by atoms with Crippen molar-refractivity contribution < 1.29 is 0 Å². The lowest BCUT2D eigenvalue weighted by Gasteiger charge is -2.17. The molecule has 1 nitrogen and oxygen atoms in total. The maximum Gasteiger partial charge on any atom is 0.00970 e. The zero-order valence-corrected chi connectivity index (χ0v) is 23.2. The van der Waals surface area contributed by atoms with Crippen LogP contribution >= 0.6 is 17.0 Å². The van der Waals surface area contributed by atoms with Gasteiger partial charge in [-0.1, -0.05) is 155 Å². The molecule has 0 spiro atoms. The summed E-state index contributed by atoms with van der Waals surface area (Å²) in [5, 5.41) is 0. The Morgan fingerprint density at radius 1 is 0.400 bits per heavy atom. The molecule has 0 bridgehead atoms. The Balaban J connectivity index is 0. The molecule has 2 heteroatoms. The first-order valence-electron chi connectivity index (χ1n) is 13.8. The second kappa shape index (κ2) is 25.7. The summed E-state index contributed by atoms with van der Waals surface area (Å²) >= 11 is 0. The Hall–Kier alpha value is 0.440. The second-order valence-corrected chi connectivity index (χ2v) is 10.5. The minimum absolute atomic E-state index is 0. The normalized spacial score (nSPS) is 11.6. The summed E-state index contributed by atoms with van der Waals surface area (Å²) in [6.45, 7) is 6.59. The molecule has 0 aromatic carbocycles. The molecule has 0 heterocycles. The van der Waals surface area contributed by atoms with Crippen LogP contribution in [-0.2, 0) is 0 Å². The largest absolute Gasteiger partial charge is 0.326 e. The zero-order chi connectivity index (χ0) is 21.5. The third-order valence-electron chi connectivity index (χ3n) is 6.42. The fourth-order valence-electron chi connectivity index (χ4n) is 4.37. The van der Waals surface area contributed by atoms with Gasteiger partial charge >= 0.3 is 0 Å². The van der Waals surface area contributed by atoms with Crippen LogP contribution in [0, 0.1) is 0 Å². The van der Waals surface area contributed by atoms with Crippen LogP contribution < -0.4 is 5.73 Å². The van der Waals surface area contributed by atoms with Gasteiger partial charge in [0.05, 0.1) is 0 Å². The Bertz CT molecular complexity index is 298. The molecule has 0 aliphatic heterocycles. The van der Waals surface area contributed by atoms with Crippen LogP contribution in [0.4, 0.5) is 0 Å². The van der Waals surface area contributed by atoms with Crippen molar-refractivity contribution in [2.75, 3.05) is 0 Å². The minimum atomic E-state index is 0. The summed E-state index contributed by atoms with van der Waals surface area (Å²) in [6, 6.07) is 0. The van der Waals surface area contributed by atoms with Crippen LogP contribution in [-0.4, -0.2) is 5.54 Å². The lowest BCUT2D eigenvalue weighted by atomic mass is 9.97. The molecule has 0 saturated heterocycles. The van der Waals surface area contributed by atoms with Crippen LogP contribution in [0.1, 0.15) is 175 Å². The fourth-order valence-corrected chi connectivity index (χ4v) is 4.37. The highest BCUT2D eigenvalue weighted by atomic mass is 79.9. The lowest BCUT2D eigenvalue weighted by Crippen LogP contribution is -2.31. The van der Waals surface area contributed by atoms with Crippen molar-refractivity contribution in [1.82, 2.24) is 0 Å². The predicted molar refractivity (Wildman–Crippen MR) is 145 cm³/mol. The van der Waals surface area contributed by atoms with Gasteiger partial charge in [0.15, 0.2) is 0 Å². The van der Waals surface area contributed by atoms with Gasteiger partial charge in [-0.05, 0) is 20.3 Å². The Kier molecular flexibility index (Phi) is 27.9. The van der Waals surface area contributed by atoms with Gasteiger partial charge in [-0.2, -0.15) is 0 Å². The smallest absolute Gasteiger partial charge is 0.00970 e. The molecule has 2 N–H and O–H groups in total. The van der Waals surface area contributed by atoms with Crippen molar-refractivity contribution in [2.24, 2.45) is 5.73 Å². The fraction of sp³-hybridized carbons (Fsp3) is 1.00. The van der Waals surface area contributed by atoms with Gasteiger partial charge in [0, 0.05) is 5.54 Å². The predicted octanol–water partition coefficient (Wildman–Crippen LogP) is 10.7. The zero-order valence-electron chi connectivity index (χ0n) is 21.5. The highest BCUT2D eigenvalue weighted by Gasteiger charge is 2.08. The van der Waals surface area contributed by atoms with Crippen LogP contribution in [0.2, 0.25) is 0 Å². The van der Waals surface area contributed by atoms with Crippen LogP contribution in [0.5, 0.6) is 0 Å². The number of nitrogens with two attached hydrogens (primary N) is 1. The van der Waals surface area contributed by atoms with E-state index in [-0.39, 0.29) is 22.5 Å². The van der Waals surface area contributed by atoms with E-state index in [9.17, 15) is 0 Å². The standard InChI is InChI=1S/C28H59N.BrH/c1-4-5-6-7-8-9-10-11-12-13-14-15-16-17-18-19-20-21-22-23-24-25-26-27-28(2,3)29;/h4-27,29H2,1-3H3;1H. The number of hydrogen-bond acceptors (Lipinski definition) is 1. The third kappa shape index (κ3) is 30.6. The molecule has 0 radical (unpaired) electrons. The highest BCUT2D eigenvalue weighted by Crippen LogP contribution is 2.16. The molecule has 0 rings (SSSR count). The van der Waals surface area contributed by atoms with E-state index in [0.717, 1.165) is 0 Å². The third-order valence-corrected chi connectivity index (χ3v) is 6.42. The first-order chi connectivity index (χ1) is 14.1. The maximum atomic E-state index is 6.03. The minimum Gasteiger partial charge on any atom is -0.326 e. The molecular weight excluding hydrogens is 430 g/mol. The Labute approximate surface area is 202 Å². The van der Waals surface area contributed by atoms with Crippen molar-refractivity contribution in [3.05, 3.63) is 0 Å². The van der Waals surface area contributed by atoms with Gasteiger partial charge in [-0.15, -0.1) is 17.0 Å². The maximum absolute atomic E-state index is 6.03. The molecule has 0 aromatic rings. The monoisotopic (exact) mass is 489 g/mol. The molecule has 0 fully saturated rings. The molecule has 0 unspecified atom stereocenters. The van der Waals surface area contributed by atoms with Gasteiger partial charge in [0.2, 0.25) is 0 Å². The van der Waals surface area contributed by atoms with E-state index in [1.54, 1.807) is 0 Å². The molecule has 0 atom stereocenters. The van der Waals surface area contributed by atoms with E-state index in [1.165, 1.54) is 154 Å². The first-order valence-corrected chi connectivity index (χ1v) is 13.8. The Morgan fingerprint density at radius 2 is 0.600 bits per heavy atom. The molecule has 0 amide bonds. The molecule has 184 valence electrons. The molecule has 0 aromatic heterocycles. The van der Waals surface area contributed by atoms with Gasteiger partial charge in [-0.25, -0.2) is 0 Å². The van der Waals surface area contributed by atoms with Crippen molar-refractivity contribution in [2.45, 2.75) is 180 Å². The summed E-state index contributed by atoms with van der Waals surface area (Å²) < 4.78 is 0. The molecule has 0 saturated carbocycles. The van der Waals surface area contributed by atoms with E-state index in [1.807, 2.05) is 0 Å². The van der Waals surface area contributed by atoms with Crippen molar-refractivity contribution in [3.63, 3.8) is 0 Å². The summed E-state index contributed by atoms with van der Waals surface area (Å²) in [5.74, 6) is 0. The summed E-state index contributed by atoms with van der Waals surface area (Å²) in [4.78, 5) is 0. The highest BCUT2D eigenvalue weighted by molar-refractivity contribution is 8.93. The van der Waals surface area contributed by atoms with Gasteiger partial charge in [0.25, 0.3) is 0 Å². The molecular formula is C28H60BrN. The number of halogens is 1. The van der Waals surface area contributed by atoms with Crippen LogP contribution in [0.3, 0.4) is 0 Å². The van der Waals surface area contributed by atoms with E-state index in [4.69, 9.17) is 5.73 Å². The number of hydrogen-bond donors (Lipinski definition) is 1. The topological polar surface area (TPSA) is 26.0 Å². The van der Waals surface area contributed by atoms with E-state index in [0.29, 0.717) is 0 Å². The number of unbranched alkanes of at least 4 members (excludes halogenated alkanes) is 22. The van der Waals surface area contributed by atoms with Crippen molar-refractivity contribution in [1.29, 1.82) is 0 Å². The van der Waals surface area contributed by atoms with E-state index >= 15 is 0 Å². The van der Waals surface area contributed by atoms with Gasteiger partial charge < -0.3 is 5.73 Å². The lowest BCUT2D eigenvalue weighted by molar-refractivity contribution is 0.440. The average Bonchev–Trinajstić information content (AvgIpc) is 2.67. The SMILES string of the molecule is Br.CCCCCCCCCCCCCCCCCCCCCCCCCC(C)(C)N. The van der Waals surface area contributed by atoms with Crippen LogP contribution in [0.15, 0.2) is 0 Å². The number of rotatable bonds is 24.